The molecule has 0 bridgehead atoms. The molecule has 0 N–H and O–H groups in total. The number of hydrogen-bond acceptors (Lipinski definition) is 6. The van der Waals surface area contributed by atoms with E-state index in [0.29, 0.717) is 25.7 Å². The molecule has 0 aromatic rings. The Labute approximate surface area is 456 Å². The lowest BCUT2D eigenvalue weighted by Crippen LogP contribution is -2.30. The molecule has 0 heterocycles. The molecule has 74 heavy (non-hydrogen) atoms. The van der Waals surface area contributed by atoms with Gasteiger partial charge in [-0.05, 0) is 135 Å². The van der Waals surface area contributed by atoms with Gasteiger partial charge in [0, 0.05) is 19.3 Å². The fourth-order valence-electron chi connectivity index (χ4n) is 8.09. The van der Waals surface area contributed by atoms with Crippen LogP contribution in [0.4, 0.5) is 0 Å². The molecule has 1 atom stereocenters. The van der Waals surface area contributed by atoms with Crippen molar-refractivity contribution in [2.75, 3.05) is 13.2 Å². The Balaban J connectivity index is 4.43. The summed E-state index contributed by atoms with van der Waals surface area (Å²) < 4.78 is 16.8. The van der Waals surface area contributed by atoms with Crippen LogP contribution in [0, 0.1) is 0 Å². The molecule has 0 aromatic carbocycles. The largest absolute Gasteiger partial charge is 0.462 e. The topological polar surface area (TPSA) is 78.9 Å². The minimum Gasteiger partial charge on any atom is -0.462 e. The van der Waals surface area contributed by atoms with E-state index >= 15 is 0 Å². The molecule has 0 aliphatic heterocycles. The zero-order valence-electron chi connectivity index (χ0n) is 48.1. The van der Waals surface area contributed by atoms with Crippen LogP contribution in [-0.2, 0) is 28.6 Å². The fourth-order valence-corrected chi connectivity index (χ4v) is 8.09. The highest BCUT2D eigenvalue weighted by Gasteiger charge is 2.19. The van der Waals surface area contributed by atoms with E-state index < -0.39 is 6.10 Å². The van der Waals surface area contributed by atoms with Crippen molar-refractivity contribution in [1.29, 1.82) is 0 Å². The summed E-state index contributed by atoms with van der Waals surface area (Å²) >= 11 is 0. The normalized spacial score (nSPS) is 13.0. The maximum absolute atomic E-state index is 12.9. The zero-order chi connectivity index (χ0) is 53.6. The Kier molecular flexibility index (Phi) is 57.9. The third-order valence-electron chi connectivity index (χ3n) is 12.7. The second-order valence-electron chi connectivity index (χ2n) is 19.9. The van der Waals surface area contributed by atoms with Crippen LogP contribution in [0.2, 0.25) is 0 Å². The predicted molar refractivity (Wildman–Crippen MR) is 320 cm³/mol. The van der Waals surface area contributed by atoms with Gasteiger partial charge in [-0.2, -0.15) is 0 Å². The van der Waals surface area contributed by atoms with E-state index in [1.807, 2.05) is 0 Å². The van der Waals surface area contributed by atoms with Crippen LogP contribution in [0.3, 0.4) is 0 Å². The Hall–Kier alpha value is -4.19. The molecule has 0 radical (unpaired) electrons. The second kappa shape index (κ2) is 61.4. The van der Waals surface area contributed by atoms with Crippen molar-refractivity contribution in [2.24, 2.45) is 0 Å². The summed E-state index contributed by atoms with van der Waals surface area (Å²) in [6, 6.07) is 0. The summed E-state index contributed by atoms with van der Waals surface area (Å²) in [5, 5.41) is 0. The van der Waals surface area contributed by atoms with Gasteiger partial charge in [0.25, 0.3) is 0 Å². The van der Waals surface area contributed by atoms with Crippen LogP contribution < -0.4 is 0 Å². The second-order valence-corrected chi connectivity index (χ2v) is 19.9. The van der Waals surface area contributed by atoms with Gasteiger partial charge in [0.2, 0.25) is 0 Å². The van der Waals surface area contributed by atoms with Crippen molar-refractivity contribution in [2.45, 2.75) is 277 Å². The molecule has 0 aliphatic carbocycles. The summed E-state index contributed by atoms with van der Waals surface area (Å²) in [5.74, 6) is -0.958. The first-order valence-electron chi connectivity index (χ1n) is 30.5. The standard InChI is InChI=1S/C68H112O6/c1-4-7-10-13-16-19-22-25-27-29-30-31-32-33-34-35-36-37-38-40-41-43-46-49-52-55-58-61-67(70)73-64-65(63-72-66(69)60-57-54-51-48-45-24-21-18-15-12-9-6-3)74-68(71)62-59-56-53-50-47-44-42-39-28-26-23-20-17-14-11-8-5-2/h7,10,16,18-19,21,25-28,30-31,33-34,36-37,40-41,46,49,65H,4-6,8-9,11-15,17,20,22-24,29,32,35,38-39,42-45,47-48,50-64H2,1-3H3/b10-7-,19-16-,21-18-,27-25-,28-26-,31-30-,34-33-,37-36-,41-40-,49-46-. The lowest BCUT2D eigenvalue weighted by Gasteiger charge is -2.18. The van der Waals surface area contributed by atoms with Crippen molar-refractivity contribution in [3.05, 3.63) is 122 Å². The molecule has 0 fully saturated rings. The van der Waals surface area contributed by atoms with Crippen molar-refractivity contribution >= 4 is 17.9 Å². The summed E-state index contributed by atoms with van der Waals surface area (Å²) in [6.45, 7) is 6.45. The van der Waals surface area contributed by atoms with E-state index in [9.17, 15) is 14.4 Å². The monoisotopic (exact) mass is 1020 g/mol. The van der Waals surface area contributed by atoms with Gasteiger partial charge in [0.05, 0.1) is 0 Å². The molecular weight excluding hydrogens is 913 g/mol. The number of unbranched alkanes of at least 4 members (excludes halogenated alkanes) is 23. The van der Waals surface area contributed by atoms with Crippen LogP contribution in [0.1, 0.15) is 271 Å². The summed E-state index contributed by atoms with van der Waals surface area (Å²) in [5.41, 5.74) is 0. The van der Waals surface area contributed by atoms with Gasteiger partial charge in [-0.25, -0.2) is 0 Å². The van der Waals surface area contributed by atoms with Crippen molar-refractivity contribution in [3.8, 4) is 0 Å². The molecule has 6 heteroatoms. The molecular formula is C68H112O6. The molecule has 6 nitrogen and oxygen atoms in total. The molecule has 0 aromatic heterocycles. The highest BCUT2D eigenvalue weighted by molar-refractivity contribution is 5.71. The average Bonchev–Trinajstić information content (AvgIpc) is 3.40. The molecule has 0 aliphatic rings. The first kappa shape index (κ1) is 69.8. The zero-order valence-corrected chi connectivity index (χ0v) is 48.1. The Morgan fingerprint density at radius 2 is 0.527 bits per heavy atom. The number of rotatable bonds is 54. The summed E-state index contributed by atoms with van der Waals surface area (Å²) in [7, 11) is 0. The third-order valence-corrected chi connectivity index (χ3v) is 12.7. The number of allylic oxidation sites excluding steroid dienone is 20. The van der Waals surface area contributed by atoms with E-state index in [4.69, 9.17) is 14.2 Å². The Morgan fingerprint density at radius 3 is 0.892 bits per heavy atom. The number of ether oxygens (including phenoxy) is 3. The van der Waals surface area contributed by atoms with Gasteiger partial charge < -0.3 is 14.2 Å². The first-order chi connectivity index (χ1) is 36.5. The molecule has 0 saturated carbocycles. The van der Waals surface area contributed by atoms with E-state index in [1.165, 1.54) is 109 Å². The van der Waals surface area contributed by atoms with Gasteiger partial charge in [-0.1, -0.05) is 239 Å². The fraction of sp³-hybridized carbons (Fsp3) is 0.662. The van der Waals surface area contributed by atoms with Crippen molar-refractivity contribution in [3.63, 3.8) is 0 Å². The average molecular weight is 1030 g/mol. The quantitative estimate of drug-likeness (QED) is 0.0261. The molecule has 0 saturated heterocycles. The van der Waals surface area contributed by atoms with Gasteiger partial charge in [0.15, 0.2) is 6.10 Å². The number of esters is 3. The maximum Gasteiger partial charge on any atom is 0.306 e. The number of hydrogen-bond donors (Lipinski definition) is 0. The maximum atomic E-state index is 12.9. The van der Waals surface area contributed by atoms with Crippen LogP contribution in [-0.4, -0.2) is 37.2 Å². The molecule has 1 unspecified atom stereocenters. The smallest absolute Gasteiger partial charge is 0.306 e. The van der Waals surface area contributed by atoms with Gasteiger partial charge in [-0.15, -0.1) is 0 Å². The summed E-state index contributed by atoms with van der Waals surface area (Å²) in [4.78, 5) is 38.2. The molecule has 420 valence electrons. The SMILES string of the molecule is CC/C=C\C/C=C\C/C=C\C/C=C\C/C=C\C/C=C\C/C=C\C/C=C\CCCCC(=O)OCC(COC(=O)CCCCCCC/C=C\CCCCC)OC(=O)CCCCCCCCC/C=C\CCCCCCCC. The predicted octanol–water partition coefficient (Wildman–Crippen LogP) is 20.8. The lowest BCUT2D eigenvalue weighted by molar-refractivity contribution is -0.167. The van der Waals surface area contributed by atoms with Crippen LogP contribution in [0.25, 0.3) is 0 Å². The van der Waals surface area contributed by atoms with Crippen LogP contribution in [0.5, 0.6) is 0 Å². The van der Waals surface area contributed by atoms with E-state index in [2.05, 4.69) is 142 Å². The minimum absolute atomic E-state index is 0.0999. The van der Waals surface area contributed by atoms with Crippen molar-refractivity contribution < 1.29 is 28.6 Å². The van der Waals surface area contributed by atoms with Crippen LogP contribution >= 0.6 is 0 Å². The Morgan fingerprint density at radius 1 is 0.284 bits per heavy atom. The van der Waals surface area contributed by atoms with Crippen LogP contribution in [0.15, 0.2) is 122 Å². The number of carbonyl (C=O) groups is 3. The van der Waals surface area contributed by atoms with Gasteiger partial charge in [0.1, 0.15) is 13.2 Å². The third kappa shape index (κ3) is 58.7. The minimum atomic E-state index is -0.805. The molecule has 0 spiro atoms. The molecule has 0 amide bonds. The highest BCUT2D eigenvalue weighted by Crippen LogP contribution is 2.14. The van der Waals surface area contributed by atoms with Gasteiger partial charge >= 0.3 is 17.9 Å². The number of carbonyl (C=O) groups excluding carboxylic acids is 3. The van der Waals surface area contributed by atoms with E-state index in [-0.39, 0.29) is 31.1 Å². The first-order valence-corrected chi connectivity index (χ1v) is 30.5. The van der Waals surface area contributed by atoms with E-state index in [1.54, 1.807) is 0 Å². The Bertz CT molecular complexity index is 1550. The highest BCUT2D eigenvalue weighted by atomic mass is 16.6. The van der Waals surface area contributed by atoms with Gasteiger partial charge in [-0.3, -0.25) is 14.4 Å². The van der Waals surface area contributed by atoms with E-state index in [0.717, 1.165) is 116 Å². The van der Waals surface area contributed by atoms with Crippen molar-refractivity contribution in [1.82, 2.24) is 0 Å². The summed E-state index contributed by atoms with van der Waals surface area (Å²) in [6.07, 6.45) is 84.8. The lowest BCUT2D eigenvalue weighted by atomic mass is 10.1. The molecule has 0 rings (SSSR count).